The molecule has 0 spiro atoms. The molecule has 0 aromatic carbocycles. The Bertz CT molecular complexity index is 710. The molecule has 9 heteroatoms. The number of hydrogen-bond acceptors (Lipinski definition) is 5. The van der Waals surface area contributed by atoms with E-state index in [1.165, 1.54) is 17.5 Å². The second-order valence-corrected chi connectivity index (χ2v) is 6.89. The first-order valence-corrected chi connectivity index (χ1v) is 9.33. The normalized spacial score (nSPS) is 10.3. The molecular weight excluding hydrogens is 383 g/mol. The van der Waals surface area contributed by atoms with Crippen LogP contribution in [-0.2, 0) is 4.79 Å². The number of aromatic nitrogens is 1. The van der Waals surface area contributed by atoms with E-state index < -0.39 is 0 Å². The molecule has 3 N–H and O–H groups in total. The fourth-order valence-corrected chi connectivity index (χ4v) is 3.05. The van der Waals surface area contributed by atoms with E-state index in [0.29, 0.717) is 53.2 Å². The minimum Gasteiger partial charge on any atom is -0.367 e. The van der Waals surface area contributed by atoms with Gasteiger partial charge in [0.05, 0.1) is 14.9 Å². The molecule has 0 radical (unpaired) electrons. The van der Waals surface area contributed by atoms with Gasteiger partial charge >= 0.3 is 0 Å². The highest BCUT2D eigenvalue weighted by molar-refractivity contribution is 7.12. The number of carbonyl (C=O) groups excluding carboxylic acids is 2. The van der Waals surface area contributed by atoms with Crippen LogP contribution >= 0.6 is 34.5 Å². The predicted octanol–water partition coefficient (Wildman–Crippen LogP) is 3.19. The molecule has 0 unspecified atom stereocenters. The number of pyridine rings is 1. The molecular formula is C16H18Cl2N4O2S. The number of anilines is 1. The first kappa shape index (κ1) is 19.5. The van der Waals surface area contributed by atoms with Gasteiger partial charge in [-0.25, -0.2) is 4.98 Å². The van der Waals surface area contributed by atoms with E-state index in [0.717, 1.165) is 0 Å². The second-order valence-electron chi connectivity index (χ2n) is 5.10. The van der Waals surface area contributed by atoms with Crippen molar-refractivity contribution in [3.8, 4) is 0 Å². The quantitative estimate of drug-likeness (QED) is 0.564. The van der Waals surface area contributed by atoms with Crippen LogP contribution in [0.3, 0.4) is 0 Å². The molecule has 134 valence electrons. The fraction of sp³-hybridized carbons (Fsp3) is 0.312. The van der Waals surface area contributed by atoms with Crippen LogP contribution < -0.4 is 16.0 Å². The summed E-state index contributed by atoms with van der Waals surface area (Å²) in [6.45, 7) is 1.41. The van der Waals surface area contributed by atoms with Crippen molar-refractivity contribution in [1.29, 1.82) is 0 Å². The summed E-state index contributed by atoms with van der Waals surface area (Å²) in [5.74, 6) is 0.353. The Balaban J connectivity index is 1.54. The molecule has 25 heavy (non-hydrogen) atoms. The zero-order chi connectivity index (χ0) is 18.1. The van der Waals surface area contributed by atoms with Gasteiger partial charge in [-0.2, -0.15) is 0 Å². The van der Waals surface area contributed by atoms with Gasteiger partial charge in [0.2, 0.25) is 5.91 Å². The Kier molecular flexibility index (Phi) is 7.97. The van der Waals surface area contributed by atoms with E-state index in [1.807, 2.05) is 11.4 Å². The van der Waals surface area contributed by atoms with Crippen molar-refractivity contribution in [3.63, 3.8) is 0 Å². The maximum Gasteiger partial charge on any atom is 0.261 e. The summed E-state index contributed by atoms with van der Waals surface area (Å²) in [5.41, 5.74) is 0. The molecule has 0 saturated heterocycles. The number of halogens is 2. The van der Waals surface area contributed by atoms with E-state index >= 15 is 0 Å². The SMILES string of the molecule is O=C(CCCNC(=O)c1cccs1)NCCNc1ncc(Cl)cc1Cl. The van der Waals surface area contributed by atoms with E-state index in [1.54, 1.807) is 12.1 Å². The van der Waals surface area contributed by atoms with Crippen molar-refractivity contribution in [2.45, 2.75) is 12.8 Å². The average molecular weight is 401 g/mol. The number of carbonyl (C=O) groups is 2. The first-order chi connectivity index (χ1) is 12.1. The van der Waals surface area contributed by atoms with Gasteiger partial charge in [0.1, 0.15) is 5.82 Å². The van der Waals surface area contributed by atoms with Crippen LogP contribution in [0.15, 0.2) is 29.8 Å². The summed E-state index contributed by atoms with van der Waals surface area (Å²) in [4.78, 5) is 28.2. The Labute approximate surface area is 159 Å². The minimum absolute atomic E-state index is 0.0673. The molecule has 2 aromatic rings. The van der Waals surface area contributed by atoms with Crippen LogP contribution in [0, 0.1) is 0 Å². The standard InChI is InChI=1S/C16H18Cl2N4O2S/c17-11-9-12(18)15(22-10-11)20-7-6-19-14(23)4-1-5-21-16(24)13-3-2-8-25-13/h2-3,8-10H,1,4-7H2,(H,19,23)(H,20,22)(H,21,24). The van der Waals surface area contributed by atoms with Gasteiger partial charge in [0, 0.05) is 32.3 Å². The van der Waals surface area contributed by atoms with Crippen LogP contribution in [0.2, 0.25) is 10.0 Å². The Morgan fingerprint density at radius 2 is 2.00 bits per heavy atom. The van der Waals surface area contributed by atoms with Gasteiger partial charge in [-0.3, -0.25) is 9.59 Å². The summed E-state index contributed by atoms with van der Waals surface area (Å²) in [6.07, 6.45) is 2.43. The molecule has 0 fully saturated rings. The van der Waals surface area contributed by atoms with Crippen LogP contribution in [0.5, 0.6) is 0 Å². The molecule has 0 aliphatic heterocycles. The molecule has 2 heterocycles. The van der Waals surface area contributed by atoms with Gasteiger partial charge in [0.15, 0.2) is 0 Å². The van der Waals surface area contributed by atoms with Gasteiger partial charge in [0.25, 0.3) is 5.91 Å². The van der Waals surface area contributed by atoms with Crippen LogP contribution in [0.25, 0.3) is 0 Å². The number of rotatable bonds is 9. The number of nitrogens with zero attached hydrogens (tertiary/aromatic N) is 1. The number of hydrogen-bond donors (Lipinski definition) is 3. The van der Waals surface area contributed by atoms with Crippen molar-refractivity contribution in [1.82, 2.24) is 15.6 Å². The van der Waals surface area contributed by atoms with Gasteiger partial charge < -0.3 is 16.0 Å². The van der Waals surface area contributed by atoms with Crippen molar-refractivity contribution in [2.75, 3.05) is 25.0 Å². The number of nitrogens with one attached hydrogen (secondary N) is 3. The maximum absolute atomic E-state index is 11.7. The summed E-state index contributed by atoms with van der Waals surface area (Å²) in [5, 5.41) is 11.3. The third-order valence-corrected chi connectivity index (χ3v) is 4.52. The molecule has 2 rings (SSSR count). The molecule has 2 aromatic heterocycles. The van der Waals surface area contributed by atoms with Crippen molar-refractivity contribution in [3.05, 3.63) is 44.7 Å². The van der Waals surface area contributed by atoms with Crippen molar-refractivity contribution < 1.29 is 9.59 Å². The Morgan fingerprint density at radius 3 is 2.72 bits per heavy atom. The highest BCUT2D eigenvalue weighted by atomic mass is 35.5. The van der Waals surface area contributed by atoms with E-state index in [-0.39, 0.29) is 11.8 Å². The smallest absolute Gasteiger partial charge is 0.261 e. The first-order valence-electron chi connectivity index (χ1n) is 7.69. The summed E-state index contributed by atoms with van der Waals surface area (Å²) in [7, 11) is 0. The lowest BCUT2D eigenvalue weighted by Crippen LogP contribution is -2.30. The molecule has 0 saturated carbocycles. The monoisotopic (exact) mass is 400 g/mol. The van der Waals surface area contributed by atoms with E-state index in [2.05, 4.69) is 20.9 Å². The third-order valence-electron chi connectivity index (χ3n) is 3.16. The number of thiophene rings is 1. The summed E-state index contributed by atoms with van der Waals surface area (Å²) in [6, 6.07) is 5.19. The molecule has 2 amide bonds. The lowest BCUT2D eigenvalue weighted by atomic mass is 10.3. The van der Waals surface area contributed by atoms with Crippen molar-refractivity contribution in [2.24, 2.45) is 0 Å². The topological polar surface area (TPSA) is 83.1 Å². The largest absolute Gasteiger partial charge is 0.367 e. The molecule has 0 aliphatic carbocycles. The molecule has 6 nitrogen and oxygen atoms in total. The van der Waals surface area contributed by atoms with E-state index in [4.69, 9.17) is 23.2 Å². The molecule has 0 atom stereocenters. The average Bonchev–Trinajstić information content (AvgIpc) is 3.11. The number of amides is 2. The lowest BCUT2D eigenvalue weighted by molar-refractivity contribution is -0.121. The summed E-state index contributed by atoms with van der Waals surface area (Å²) < 4.78 is 0. The minimum atomic E-state index is -0.105. The highest BCUT2D eigenvalue weighted by Gasteiger charge is 2.06. The summed E-state index contributed by atoms with van der Waals surface area (Å²) >= 11 is 13.1. The van der Waals surface area contributed by atoms with Crippen LogP contribution in [0.4, 0.5) is 5.82 Å². The fourth-order valence-electron chi connectivity index (χ4n) is 1.96. The van der Waals surface area contributed by atoms with Crippen molar-refractivity contribution >= 4 is 52.2 Å². The van der Waals surface area contributed by atoms with Gasteiger partial charge in [-0.05, 0) is 23.9 Å². The Morgan fingerprint density at radius 1 is 1.16 bits per heavy atom. The van der Waals surface area contributed by atoms with Gasteiger partial charge in [-0.15, -0.1) is 11.3 Å². The predicted molar refractivity (Wildman–Crippen MR) is 102 cm³/mol. The third kappa shape index (κ3) is 6.89. The highest BCUT2D eigenvalue weighted by Crippen LogP contribution is 2.21. The Hall–Kier alpha value is -1.83. The van der Waals surface area contributed by atoms with Crippen LogP contribution in [-0.4, -0.2) is 36.4 Å². The zero-order valence-corrected chi connectivity index (χ0v) is 15.7. The molecule has 0 bridgehead atoms. The zero-order valence-electron chi connectivity index (χ0n) is 13.4. The lowest BCUT2D eigenvalue weighted by Gasteiger charge is -2.09. The van der Waals surface area contributed by atoms with E-state index in [9.17, 15) is 9.59 Å². The van der Waals surface area contributed by atoms with Gasteiger partial charge in [-0.1, -0.05) is 29.3 Å². The second kappa shape index (κ2) is 10.2. The maximum atomic E-state index is 11.7. The molecule has 0 aliphatic rings. The van der Waals surface area contributed by atoms with Crippen LogP contribution in [0.1, 0.15) is 22.5 Å².